The molecular weight excluding hydrogens is 460 g/mol. The first-order valence-corrected chi connectivity index (χ1v) is 12.1. The van der Waals surface area contributed by atoms with Crippen molar-refractivity contribution in [1.82, 2.24) is 5.32 Å². The van der Waals surface area contributed by atoms with Gasteiger partial charge in [0.05, 0.1) is 19.6 Å². The van der Waals surface area contributed by atoms with Crippen LogP contribution in [0.1, 0.15) is 30.4 Å². The molecule has 0 aromatic heterocycles. The number of carbonyl (C=O) groups is 2. The van der Waals surface area contributed by atoms with Crippen molar-refractivity contribution in [3.63, 3.8) is 0 Å². The summed E-state index contributed by atoms with van der Waals surface area (Å²) in [7, 11) is 0. The maximum atomic E-state index is 12.1. The Morgan fingerprint density at radius 1 is 0.743 bits per heavy atom. The van der Waals surface area contributed by atoms with Gasteiger partial charge in [-0.05, 0) is 60.5 Å². The zero-order valence-electron chi connectivity index (χ0n) is 19.6. The van der Waals surface area contributed by atoms with Crippen LogP contribution < -0.4 is 15.4 Å². The molecule has 0 heterocycles. The van der Waals surface area contributed by atoms with Crippen molar-refractivity contribution < 1.29 is 19.1 Å². The average molecular weight is 491 g/mol. The van der Waals surface area contributed by atoms with Crippen molar-refractivity contribution in [2.24, 2.45) is 0 Å². The molecule has 2 N–H and O–H groups in total. The van der Waals surface area contributed by atoms with Crippen LogP contribution in [0.2, 0.25) is 0 Å². The van der Waals surface area contributed by atoms with Gasteiger partial charge < -0.3 is 20.1 Å². The molecule has 182 valence electrons. The second kappa shape index (κ2) is 14.5. The number of benzene rings is 3. The van der Waals surface area contributed by atoms with Gasteiger partial charge in [-0.3, -0.25) is 9.59 Å². The van der Waals surface area contributed by atoms with Gasteiger partial charge in [0.25, 0.3) is 0 Å². The fourth-order valence-corrected chi connectivity index (χ4v) is 3.54. The van der Waals surface area contributed by atoms with Crippen molar-refractivity contribution in [3.05, 3.63) is 96.1 Å². The first-order chi connectivity index (χ1) is 17.1. The third-order valence-electron chi connectivity index (χ3n) is 5.14. The van der Waals surface area contributed by atoms with Crippen LogP contribution in [0.4, 0.5) is 5.69 Å². The zero-order valence-corrected chi connectivity index (χ0v) is 20.4. The van der Waals surface area contributed by atoms with Crippen molar-refractivity contribution in [2.45, 2.75) is 32.1 Å². The van der Waals surface area contributed by atoms with Gasteiger partial charge in [0.1, 0.15) is 5.75 Å². The van der Waals surface area contributed by atoms with E-state index in [9.17, 15) is 9.59 Å². The number of hydrogen-bond donors (Lipinski definition) is 2. The second-order valence-electron chi connectivity index (χ2n) is 7.92. The third-order valence-corrected chi connectivity index (χ3v) is 5.34. The molecule has 0 unspecified atom stereocenters. The number of esters is 1. The maximum Gasteiger partial charge on any atom is 0.306 e. The maximum absolute atomic E-state index is 12.1. The molecule has 0 saturated carbocycles. The van der Waals surface area contributed by atoms with Gasteiger partial charge in [0, 0.05) is 18.5 Å². The smallest absolute Gasteiger partial charge is 0.306 e. The van der Waals surface area contributed by atoms with Gasteiger partial charge >= 0.3 is 5.97 Å². The van der Waals surface area contributed by atoms with E-state index < -0.39 is 5.97 Å². The van der Waals surface area contributed by atoms with E-state index in [-0.39, 0.29) is 30.5 Å². The molecule has 1 amide bonds. The van der Waals surface area contributed by atoms with Gasteiger partial charge in [0.15, 0.2) is 5.11 Å². The first-order valence-electron chi connectivity index (χ1n) is 11.7. The molecule has 0 spiro atoms. The Kier molecular flexibility index (Phi) is 10.8. The average Bonchev–Trinajstić information content (AvgIpc) is 2.87. The van der Waals surface area contributed by atoms with Crippen LogP contribution in [0.5, 0.6) is 5.75 Å². The summed E-state index contributed by atoms with van der Waals surface area (Å²) in [5.74, 6) is 0.0135. The molecule has 0 fully saturated rings. The molecule has 0 atom stereocenters. The standard InChI is InChI=1S/C28H30N2O4S/c31-26(17-18-27(32)34-21-19-23-10-5-2-6-11-23)30-28(35)29-24-13-15-25(16-14-24)33-20-7-12-22-8-3-1-4-9-22/h1-6,8-11,13-16H,7,12,17-21H2,(H2,29,30,31,35). The van der Waals surface area contributed by atoms with Crippen LogP contribution >= 0.6 is 12.2 Å². The van der Waals surface area contributed by atoms with Gasteiger partial charge in [-0.2, -0.15) is 0 Å². The summed E-state index contributed by atoms with van der Waals surface area (Å²) in [5.41, 5.74) is 3.12. The lowest BCUT2D eigenvalue weighted by molar-refractivity contribution is -0.144. The number of ether oxygens (including phenoxy) is 2. The van der Waals surface area contributed by atoms with E-state index in [0.717, 1.165) is 29.8 Å². The molecule has 0 aliphatic heterocycles. The Balaban J connectivity index is 1.27. The monoisotopic (exact) mass is 490 g/mol. The highest BCUT2D eigenvalue weighted by atomic mass is 32.1. The van der Waals surface area contributed by atoms with E-state index in [1.54, 1.807) is 0 Å². The van der Waals surface area contributed by atoms with Gasteiger partial charge in [-0.15, -0.1) is 0 Å². The Bertz CT molecular complexity index is 1070. The van der Waals surface area contributed by atoms with E-state index in [1.165, 1.54) is 5.56 Å². The summed E-state index contributed by atoms with van der Waals surface area (Å²) in [6, 6.07) is 27.4. The molecule has 3 rings (SSSR count). The lowest BCUT2D eigenvalue weighted by atomic mass is 10.1. The van der Waals surface area contributed by atoms with Crippen LogP contribution in [-0.4, -0.2) is 30.2 Å². The molecule has 0 radical (unpaired) electrons. The van der Waals surface area contributed by atoms with E-state index in [4.69, 9.17) is 21.7 Å². The Morgan fingerprint density at radius 2 is 1.37 bits per heavy atom. The lowest BCUT2D eigenvalue weighted by Gasteiger charge is -2.11. The summed E-state index contributed by atoms with van der Waals surface area (Å²) >= 11 is 5.19. The third kappa shape index (κ3) is 10.4. The molecule has 0 aliphatic rings. The number of rotatable bonds is 12. The van der Waals surface area contributed by atoms with E-state index in [0.29, 0.717) is 13.0 Å². The van der Waals surface area contributed by atoms with E-state index in [2.05, 4.69) is 22.8 Å². The Hall–Kier alpha value is -3.71. The fourth-order valence-electron chi connectivity index (χ4n) is 3.31. The van der Waals surface area contributed by atoms with Crippen molar-refractivity contribution >= 4 is 34.9 Å². The number of hydrogen-bond acceptors (Lipinski definition) is 5. The van der Waals surface area contributed by atoms with E-state index in [1.807, 2.05) is 72.8 Å². The van der Waals surface area contributed by atoms with Crippen LogP contribution in [0.25, 0.3) is 0 Å². The summed E-state index contributed by atoms with van der Waals surface area (Å²) in [6.07, 6.45) is 2.55. The number of carbonyl (C=O) groups excluding carboxylic acids is 2. The molecule has 0 aliphatic carbocycles. The lowest BCUT2D eigenvalue weighted by Crippen LogP contribution is -2.34. The van der Waals surface area contributed by atoms with Crippen molar-refractivity contribution in [3.8, 4) is 5.75 Å². The Labute approximate surface area is 211 Å². The van der Waals surface area contributed by atoms with Crippen LogP contribution in [-0.2, 0) is 27.2 Å². The number of amides is 1. The van der Waals surface area contributed by atoms with Crippen LogP contribution in [0, 0.1) is 0 Å². The van der Waals surface area contributed by atoms with E-state index >= 15 is 0 Å². The number of aryl methyl sites for hydroxylation is 1. The largest absolute Gasteiger partial charge is 0.494 e. The fraction of sp³-hybridized carbons (Fsp3) is 0.250. The van der Waals surface area contributed by atoms with Gasteiger partial charge in [-0.25, -0.2) is 0 Å². The topological polar surface area (TPSA) is 76.7 Å². The minimum atomic E-state index is -0.408. The zero-order chi connectivity index (χ0) is 24.7. The number of nitrogens with one attached hydrogen (secondary N) is 2. The van der Waals surface area contributed by atoms with Crippen LogP contribution in [0.3, 0.4) is 0 Å². The minimum Gasteiger partial charge on any atom is -0.494 e. The molecule has 35 heavy (non-hydrogen) atoms. The molecule has 3 aromatic rings. The number of thiocarbonyl (C=S) groups is 1. The highest BCUT2D eigenvalue weighted by Gasteiger charge is 2.10. The normalized spacial score (nSPS) is 10.3. The molecule has 6 nitrogen and oxygen atoms in total. The highest BCUT2D eigenvalue weighted by molar-refractivity contribution is 7.80. The molecule has 3 aromatic carbocycles. The molecule has 0 saturated heterocycles. The molecule has 0 bridgehead atoms. The summed E-state index contributed by atoms with van der Waals surface area (Å²) < 4.78 is 11.0. The highest BCUT2D eigenvalue weighted by Crippen LogP contribution is 2.16. The van der Waals surface area contributed by atoms with Gasteiger partial charge in [-0.1, -0.05) is 60.7 Å². The molecule has 7 heteroatoms. The quantitative estimate of drug-likeness (QED) is 0.210. The van der Waals surface area contributed by atoms with Crippen molar-refractivity contribution in [1.29, 1.82) is 0 Å². The SMILES string of the molecule is O=C(CCC(=O)OCCc1ccccc1)NC(=S)Nc1ccc(OCCCc2ccccc2)cc1. The minimum absolute atomic E-state index is 0.000452. The summed E-state index contributed by atoms with van der Waals surface area (Å²) in [5, 5.41) is 5.71. The second-order valence-corrected chi connectivity index (χ2v) is 8.33. The predicted octanol–water partition coefficient (Wildman–Crippen LogP) is 5.08. The number of anilines is 1. The predicted molar refractivity (Wildman–Crippen MR) is 141 cm³/mol. The van der Waals surface area contributed by atoms with Crippen LogP contribution in [0.15, 0.2) is 84.9 Å². The Morgan fingerprint density at radius 3 is 2.03 bits per heavy atom. The van der Waals surface area contributed by atoms with Gasteiger partial charge in [0.2, 0.25) is 5.91 Å². The van der Waals surface area contributed by atoms with Crippen molar-refractivity contribution in [2.75, 3.05) is 18.5 Å². The summed E-state index contributed by atoms with van der Waals surface area (Å²) in [4.78, 5) is 23.9. The molecular formula is C28H30N2O4S. The summed E-state index contributed by atoms with van der Waals surface area (Å²) in [6.45, 7) is 0.919. The first kappa shape index (κ1) is 25.9.